The molecule has 1 aliphatic carbocycles. The van der Waals surface area contributed by atoms with Gasteiger partial charge in [-0.1, -0.05) is 49.4 Å². The van der Waals surface area contributed by atoms with Gasteiger partial charge >= 0.3 is 5.97 Å². The van der Waals surface area contributed by atoms with Gasteiger partial charge in [-0.25, -0.2) is 9.78 Å². The summed E-state index contributed by atoms with van der Waals surface area (Å²) in [5.74, 6) is -0.750. The minimum Gasteiger partial charge on any atom is -0.497 e. The van der Waals surface area contributed by atoms with Crippen LogP contribution in [0.25, 0.3) is 22.2 Å². The zero-order valence-corrected chi connectivity index (χ0v) is 23.4. The molecule has 212 valence electrons. The smallest absolute Gasteiger partial charge is 0.339 e. The maximum atomic E-state index is 13.2. The number of rotatable bonds is 7. The maximum absolute atomic E-state index is 13.2. The monoisotopic (exact) mass is 562 g/mol. The zero-order chi connectivity index (χ0) is 29.4. The van der Waals surface area contributed by atoms with Crippen LogP contribution in [0.15, 0.2) is 78.9 Å². The largest absolute Gasteiger partial charge is 0.497 e. The summed E-state index contributed by atoms with van der Waals surface area (Å²) >= 11 is 0. The van der Waals surface area contributed by atoms with Crippen molar-refractivity contribution in [2.45, 2.75) is 26.2 Å². The average molecular weight is 563 g/mol. The SMILES string of the molecule is COc1cccc(C(=O)COC(=O)c2cc(-c3ccc(N4C(=O)C5CCC(C)CC5C4=O)cc3)nc3ccccc23)c1. The molecule has 8 nitrogen and oxygen atoms in total. The van der Waals surface area contributed by atoms with Gasteiger partial charge in [0.15, 0.2) is 12.4 Å². The summed E-state index contributed by atoms with van der Waals surface area (Å²) in [7, 11) is 1.51. The lowest BCUT2D eigenvalue weighted by Crippen LogP contribution is -2.30. The molecule has 3 unspecified atom stereocenters. The molecule has 2 heterocycles. The fourth-order valence-corrected chi connectivity index (χ4v) is 6.01. The zero-order valence-electron chi connectivity index (χ0n) is 23.4. The van der Waals surface area contributed by atoms with Crippen molar-refractivity contribution < 1.29 is 28.7 Å². The number of nitrogens with zero attached hydrogens (tertiary/aromatic N) is 2. The second kappa shape index (κ2) is 11.2. The number of Topliss-reactive ketones (excluding diaryl/α,β-unsaturated/α-hetero) is 1. The van der Waals surface area contributed by atoms with Gasteiger partial charge in [-0.3, -0.25) is 19.3 Å². The third kappa shape index (κ3) is 5.04. The lowest BCUT2D eigenvalue weighted by molar-refractivity contribution is -0.122. The van der Waals surface area contributed by atoms with Crippen molar-refractivity contribution in [3.05, 3.63) is 90.0 Å². The Balaban J connectivity index is 1.25. The molecule has 1 saturated heterocycles. The number of anilines is 1. The van der Waals surface area contributed by atoms with Gasteiger partial charge in [0.25, 0.3) is 0 Å². The lowest BCUT2D eigenvalue weighted by atomic mass is 9.76. The molecule has 0 spiro atoms. The van der Waals surface area contributed by atoms with Crippen LogP contribution in [0, 0.1) is 17.8 Å². The van der Waals surface area contributed by atoms with Gasteiger partial charge in [0, 0.05) is 16.5 Å². The first-order valence-electron chi connectivity index (χ1n) is 14.1. The van der Waals surface area contributed by atoms with Crippen LogP contribution in [0.3, 0.4) is 0 Å². The second-order valence-corrected chi connectivity index (χ2v) is 11.0. The number of imide groups is 1. The van der Waals surface area contributed by atoms with E-state index in [1.807, 2.05) is 6.07 Å². The molecule has 1 saturated carbocycles. The Kier molecular flexibility index (Phi) is 7.29. The topological polar surface area (TPSA) is 103 Å². The number of fused-ring (bicyclic) bond motifs is 2. The number of benzene rings is 3. The van der Waals surface area contributed by atoms with E-state index in [2.05, 4.69) is 6.92 Å². The van der Waals surface area contributed by atoms with Crippen LogP contribution in [0.5, 0.6) is 5.75 Å². The number of ketones is 1. The average Bonchev–Trinajstić information content (AvgIpc) is 3.27. The number of carbonyl (C=O) groups excluding carboxylic acids is 4. The number of hydrogen-bond acceptors (Lipinski definition) is 7. The molecule has 2 amide bonds. The molecule has 1 aliphatic heterocycles. The highest BCUT2D eigenvalue weighted by Crippen LogP contribution is 2.42. The van der Waals surface area contributed by atoms with Gasteiger partial charge in [-0.2, -0.15) is 0 Å². The molecule has 2 fully saturated rings. The van der Waals surface area contributed by atoms with Crippen molar-refractivity contribution in [2.24, 2.45) is 17.8 Å². The highest BCUT2D eigenvalue weighted by atomic mass is 16.5. The summed E-state index contributed by atoms with van der Waals surface area (Å²) in [5.41, 5.74) is 3.01. The number of carbonyl (C=O) groups is 4. The second-order valence-electron chi connectivity index (χ2n) is 11.0. The quantitative estimate of drug-likeness (QED) is 0.158. The molecule has 8 heteroatoms. The van der Waals surface area contributed by atoms with E-state index in [0.29, 0.717) is 45.1 Å². The van der Waals surface area contributed by atoms with Gasteiger partial charge in [0.05, 0.1) is 41.4 Å². The van der Waals surface area contributed by atoms with Crippen LogP contribution < -0.4 is 9.64 Å². The molecular weight excluding hydrogens is 532 g/mol. The Labute approximate surface area is 243 Å². The van der Waals surface area contributed by atoms with E-state index in [0.717, 1.165) is 19.3 Å². The summed E-state index contributed by atoms with van der Waals surface area (Å²) in [6, 6.07) is 22.6. The normalized spacial score (nSPS) is 20.0. The molecule has 4 aromatic rings. The predicted molar refractivity (Wildman–Crippen MR) is 157 cm³/mol. The first kappa shape index (κ1) is 27.3. The number of pyridine rings is 1. The van der Waals surface area contributed by atoms with Crippen LogP contribution in [0.4, 0.5) is 5.69 Å². The van der Waals surface area contributed by atoms with Gasteiger partial charge < -0.3 is 9.47 Å². The van der Waals surface area contributed by atoms with Crippen molar-refractivity contribution in [2.75, 3.05) is 18.6 Å². The molecule has 3 aromatic carbocycles. The van der Waals surface area contributed by atoms with E-state index in [4.69, 9.17) is 14.5 Å². The van der Waals surface area contributed by atoms with Crippen molar-refractivity contribution in [1.82, 2.24) is 4.98 Å². The number of methoxy groups -OCH3 is 1. The van der Waals surface area contributed by atoms with E-state index in [-0.39, 0.29) is 35.0 Å². The molecule has 2 aliphatic rings. The highest BCUT2D eigenvalue weighted by Gasteiger charge is 2.49. The highest BCUT2D eigenvalue weighted by molar-refractivity contribution is 6.22. The number of hydrogen-bond donors (Lipinski definition) is 0. The summed E-state index contributed by atoms with van der Waals surface area (Å²) in [6.07, 6.45) is 2.45. The number of aromatic nitrogens is 1. The van der Waals surface area contributed by atoms with Crippen LogP contribution >= 0.6 is 0 Å². The fraction of sp³-hybridized carbons (Fsp3) is 0.265. The Morgan fingerprint density at radius 2 is 1.67 bits per heavy atom. The van der Waals surface area contributed by atoms with Gasteiger partial charge in [-0.15, -0.1) is 0 Å². The molecule has 3 atom stereocenters. The summed E-state index contributed by atoms with van der Waals surface area (Å²) in [4.78, 5) is 58.3. The van der Waals surface area contributed by atoms with Gasteiger partial charge in [-0.05, 0) is 61.6 Å². The third-order valence-corrected chi connectivity index (χ3v) is 8.27. The molecule has 0 radical (unpaired) electrons. The van der Waals surface area contributed by atoms with E-state index in [1.165, 1.54) is 12.0 Å². The maximum Gasteiger partial charge on any atom is 0.339 e. The van der Waals surface area contributed by atoms with Gasteiger partial charge in [0.2, 0.25) is 11.8 Å². The predicted octanol–water partition coefficient (Wildman–Crippen LogP) is 5.88. The molecule has 0 N–H and O–H groups in total. The third-order valence-electron chi connectivity index (χ3n) is 8.27. The van der Waals surface area contributed by atoms with Crippen LogP contribution in [-0.4, -0.2) is 42.3 Å². The Morgan fingerprint density at radius 1 is 0.905 bits per heavy atom. The fourth-order valence-electron chi connectivity index (χ4n) is 6.01. The molecule has 0 bridgehead atoms. The number of amides is 2. The Morgan fingerprint density at radius 3 is 2.45 bits per heavy atom. The van der Waals surface area contributed by atoms with Gasteiger partial charge in [0.1, 0.15) is 5.75 Å². The van der Waals surface area contributed by atoms with Crippen LogP contribution in [0.1, 0.15) is 46.9 Å². The van der Waals surface area contributed by atoms with Crippen LogP contribution in [-0.2, 0) is 14.3 Å². The summed E-state index contributed by atoms with van der Waals surface area (Å²) in [5, 5.41) is 0.599. The molecule has 1 aromatic heterocycles. The minimum atomic E-state index is -0.646. The van der Waals surface area contributed by atoms with Crippen LogP contribution in [0.2, 0.25) is 0 Å². The van der Waals surface area contributed by atoms with Crippen molar-refractivity contribution in [1.29, 1.82) is 0 Å². The first-order valence-corrected chi connectivity index (χ1v) is 14.1. The summed E-state index contributed by atoms with van der Waals surface area (Å²) < 4.78 is 10.6. The van der Waals surface area contributed by atoms with E-state index in [9.17, 15) is 19.2 Å². The van der Waals surface area contributed by atoms with E-state index >= 15 is 0 Å². The van der Waals surface area contributed by atoms with E-state index < -0.39 is 12.6 Å². The van der Waals surface area contributed by atoms with Crippen molar-refractivity contribution >= 4 is 40.2 Å². The van der Waals surface area contributed by atoms with Crippen molar-refractivity contribution in [3.8, 4) is 17.0 Å². The number of esters is 1. The molecule has 6 rings (SSSR count). The summed E-state index contributed by atoms with van der Waals surface area (Å²) in [6.45, 7) is 1.70. The molecular formula is C34H30N2O6. The lowest BCUT2D eigenvalue weighted by Gasteiger charge is -2.25. The number of ether oxygens (including phenoxy) is 2. The minimum absolute atomic E-state index is 0.123. The van der Waals surface area contributed by atoms with E-state index in [1.54, 1.807) is 72.8 Å². The first-order chi connectivity index (χ1) is 20.3. The van der Waals surface area contributed by atoms with Crippen molar-refractivity contribution in [3.63, 3.8) is 0 Å². The Bertz CT molecular complexity index is 1710. The Hall–Kier alpha value is -4.85. The number of para-hydroxylation sites is 1. The molecule has 42 heavy (non-hydrogen) atoms. The standard InChI is InChI=1S/C34H30N2O6/c1-20-10-15-26-27(16-20)33(39)36(32(26)38)23-13-11-21(12-14-23)30-18-28(25-8-3-4-9-29(25)35-30)34(40)42-19-31(37)22-6-5-7-24(17-22)41-2/h3-9,11-14,17-18,20,26-27H,10,15-16,19H2,1-2H3.